The van der Waals surface area contributed by atoms with Gasteiger partial charge in [0.05, 0.1) is 30.5 Å². The molecule has 2 atom stereocenters. The summed E-state index contributed by atoms with van der Waals surface area (Å²) in [5.41, 5.74) is 3.50. The maximum Gasteiger partial charge on any atom is 0.573 e. The van der Waals surface area contributed by atoms with Crippen LogP contribution in [0.1, 0.15) is 24.1 Å². The molecule has 13 heteroatoms. The highest BCUT2D eigenvalue weighted by Gasteiger charge is 2.40. The number of hydrogen-bond donors (Lipinski definition) is 2. The van der Waals surface area contributed by atoms with E-state index in [-0.39, 0.29) is 17.8 Å². The van der Waals surface area contributed by atoms with Crippen LogP contribution in [0.25, 0.3) is 5.69 Å². The number of rotatable bonds is 8. The van der Waals surface area contributed by atoms with E-state index in [2.05, 4.69) is 25.0 Å². The van der Waals surface area contributed by atoms with Gasteiger partial charge in [0.1, 0.15) is 29.3 Å². The minimum Gasteiger partial charge on any atom is -0.406 e. The fourth-order valence-corrected chi connectivity index (χ4v) is 3.21. The van der Waals surface area contributed by atoms with Gasteiger partial charge in [0.2, 0.25) is 0 Å². The molecule has 0 aliphatic carbocycles. The highest BCUT2D eigenvalue weighted by atomic mass is 19.4. The Kier molecular flexibility index (Phi) is 7.25. The number of aliphatic imine (C=N–C) groups is 2. The molecule has 180 valence electrons. The SMILES string of the molecule is CC(c1cn(-c2ccc(OC(F)(F)F)cc2)nn1)C(O)(CN=CN=CN)c1ccc(F)cc1F. The number of hydrogen-bond acceptors (Lipinski definition) is 5. The third-order valence-electron chi connectivity index (χ3n) is 4.97. The molecule has 3 aromatic rings. The van der Waals surface area contributed by atoms with Crippen molar-refractivity contribution in [3.8, 4) is 11.4 Å². The van der Waals surface area contributed by atoms with E-state index in [0.29, 0.717) is 11.8 Å². The molecular formula is C21H19F5N6O2. The van der Waals surface area contributed by atoms with Crippen LogP contribution in [0.2, 0.25) is 0 Å². The van der Waals surface area contributed by atoms with E-state index in [4.69, 9.17) is 5.73 Å². The second kappa shape index (κ2) is 9.95. The third kappa shape index (κ3) is 5.73. The average molecular weight is 482 g/mol. The summed E-state index contributed by atoms with van der Waals surface area (Å²) in [4.78, 5) is 7.54. The Labute approximate surface area is 190 Å². The number of ether oxygens (including phenoxy) is 1. The van der Waals surface area contributed by atoms with Crippen LogP contribution in [-0.2, 0) is 5.60 Å². The zero-order chi connectivity index (χ0) is 24.9. The van der Waals surface area contributed by atoms with Gasteiger partial charge >= 0.3 is 6.36 Å². The van der Waals surface area contributed by atoms with Crippen molar-refractivity contribution in [1.82, 2.24) is 15.0 Å². The Morgan fingerprint density at radius 1 is 1.18 bits per heavy atom. The maximum absolute atomic E-state index is 14.6. The molecule has 0 saturated heterocycles. The van der Waals surface area contributed by atoms with Gasteiger partial charge in [0.25, 0.3) is 0 Å². The first-order chi connectivity index (χ1) is 16.0. The van der Waals surface area contributed by atoms with E-state index < -0.39 is 35.3 Å². The molecule has 3 rings (SSSR count). The van der Waals surface area contributed by atoms with E-state index >= 15 is 0 Å². The lowest BCUT2D eigenvalue weighted by Crippen LogP contribution is -2.37. The van der Waals surface area contributed by atoms with Gasteiger partial charge in [-0.1, -0.05) is 18.2 Å². The molecule has 2 aromatic carbocycles. The zero-order valence-corrected chi connectivity index (χ0v) is 17.6. The van der Waals surface area contributed by atoms with Crippen molar-refractivity contribution in [2.75, 3.05) is 6.54 Å². The number of benzene rings is 2. The van der Waals surface area contributed by atoms with E-state index in [9.17, 15) is 27.1 Å². The van der Waals surface area contributed by atoms with Gasteiger partial charge in [-0.3, -0.25) is 4.99 Å². The van der Waals surface area contributed by atoms with Crippen molar-refractivity contribution in [2.24, 2.45) is 15.7 Å². The summed E-state index contributed by atoms with van der Waals surface area (Å²) in [6.07, 6.45) is -1.37. The number of nitrogens with two attached hydrogens (primary N) is 1. The molecule has 8 nitrogen and oxygen atoms in total. The number of aromatic nitrogens is 3. The highest BCUT2D eigenvalue weighted by molar-refractivity contribution is 5.69. The summed E-state index contributed by atoms with van der Waals surface area (Å²) < 4.78 is 70.2. The van der Waals surface area contributed by atoms with Gasteiger partial charge in [-0.25, -0.2) is 18.5 Å². The van der Waals surface area contributed by atoms with Gasteiger partial charge in [0, 0.05) is 17.5 Å². The van der Waals surface area contributed by atoms with Crippen molar-refractivity contribution in [3.63, 3.8) is 0 Å². The van der Waals surface area contributed by atoms with Gasteiger partial charge in [-0.15, -0.1) is 18.3 Å². The second-order valence-electron chi connectivity index (χ2n) is 7.15. The quantitative estimate of drug-likeness (QED) is 0.290. The van der Waals surface area contributed by atoms with Crippen LogP contribution in [0.5, 0.6) is 5.75 Å². The zero-order valence-electron chi connectivity index (χ0n) is 17.6. The van der Waals surface area contributed by atoms with Gasteiger partial charge in [-0.2, -0.15) is 0 Å². The lowest BCUT2D eigenvalue weighted by molar-refractivity contribution is -0.274. The summed E-state index contributed by atoms with van der Waals surface area (Å²) >= 11 is 0. The number of nitrogens with zero attached hydrogens (tertiary/aromatic N) is 5. The van der Waals surface area contributed by atoms with Gasteiger partial charge < -0.3 is 15.6 Å². The molecule has 0 spiro atoms. The van der Waals surface area contributed by atoms with Crippen molar-refractivity contribution in [2.45, 2.75) is 24.8 Å². The molecule has 0 amide bonds. The van der Waals surface area contributed by atoms with Crippen molar-refractivity contribution < 1.29 is 31.8 Å². The summed E-state index contributed by atoms with van der Waals surface area (Å²) in [7, 11) is 0. The standard InChI is InChI=1S/C21H19F5N6O2/c1-13(20(33,10-28-12-29-11-27)17-7-2-14(22)8-18(17)23)19-9-32(31-30-19)15-3-5-16(6-4-15)34-21(24,25)26/h2-9,11-13,33H,10H2,1H3,(H2,27,28,29). The van der Waals surface area contributed by atoms with E-state index in [1.807, 2.05) is 0 Å². The number of aliphatic hydroxyl groups is 1. The van der Waals surface area contributed by atoms with Crippen LogP contribution < -0.4 is 10.5 Å². The molecule has 34 heavy (non-hydrogen) atoms. The highest BCUT2D eigenvalue weighted by Crippen LogP contribution is 2.38. The summed E-state index contributed by atoms with van der Waals surface area (Å²) in [6.45, 7) is 1.17. The van der Waals surface area contributed by atoms with Crippen LogP contribution in [0.4, 0.5) is 22.0 Å². The molecule has 3 N–H and O–H groups in total. The van der Waals surface area contributed by atoms with E-state index in [1.54, 1.807) is 6.92 Å². The van der Waals surface area contributed by atoms with Crippen molar-refractivity contribution in [1.29, 1.82) is 0 Å². The Morgan fingerprint density at radius 2 is 1.88 bits per heavy atom. The second-order valence-corrected chi connectivity index (χ2v) is 7.15. The lowest BCUT2D eigenvalue weighted by Gasteiger charge is -2.32. The Morgan fingerprint density at radius 3 is 2.50 bits per heavy atom. The fraction of sp³-hybridized carbons (Fsp3) is 0.238. The van der Waals surface area contributed by atoms with Gasteiger partial charge in [0.15, 0.2) is 0 Å². The largest absolute Gasteiger partial charge is 0.573 e. The first-order valence-corrected chi connectivity index (χ1v) is 9.71. The first-order valence-electron chi connectivity index (χ1n) is 9.71. The predicted octanol–water partition coefficient (Wildman–Crippen LogP) is 3.45. The van der Waals surface area contributed by atoms with Crippen LogP contribution >= 0.6 is 0 Å². The summed E-state index contributed by atoms with van der Waals surface area (Å²) in [5.74, 6) is -3.13. The summed E-state index contributed by atoms with van der Waals surface area (Å²) in [6, 6.07) is 7.59. The maximum atomic E-state index is 14.6. The molecular weight excluding hydrogens is 463 g/mol. The molecule has 0 aliphatic rings. The van der Waals surface area contributed by atoms with Crippen molar-refractivity contribution in [3.05, 3.63) is 71.6 Å². The average Bonchev–Trinajstić information content (AvgIpc) is 3.25. The van der Waals surface area contributed by atoms with Gasteiger partial charge in [-0.05, 0) is 30.3 Å². The molecule has 0 bridgehead atoms. The lowest BCUT2D eigenvalue weighted by atomic mass is 9.80. The van der Waals surface area contributed by atoms with E-state index in [1.165, 1.54) is 23.0 Å². The monoisotopic (exact) mass is 482 g/mol. The fourth-order valence-electron chi connectivity index (χ4n) is 3.21. The van der Waals surface area contributed by atoms with Crippen LogP contribution in [0, 0.1) is 11.6 Å². The first kappa shape index (κ1) is 24.8. The third-order valence-corrected chi connectivity index (χ3v) is 4.97. The Bertz CT molecular complexity index is 1180. The van der Waals surface area contributed by atoms with Crippen LogP contribution in [0.3, 0.4) is 0 Å². The molecule has 0 aliphatic heterocycles. The minimum atomic E-state index is -4.82. The molecule has 1 heterocycles. The van der Waals surface area contributed by atoms with E-state index in [0.717, 1.165) is 36.9 Å². The Hall–Kier alpha value is -3.87. The van der Waals surface area contributed by atoms with Crippen LogP contribution in [-0.4, -0.2) is 45.7 Å². The molecule has 0 fully saturated rings. The number of alkyl halides is 3. The Balaban J connectivity index is 1.92. The van der Waals surface area contributed by atoms with Crippen molar-refractivity contribution >= 4 is 12.7 Å². The molecule has 1 aromatic heterocycles. The number of halogens is 5. The van der Waals surface area contributed by atoms with Crippen LogP contribution in [0.15, 0.2) is 58.6 Å². The normalized spacial score (nSPS) is 15.0. The molecule has 0 radical (unpaired) electrons. The molecule has 2 unspecified atom stereocenters. The minimum absolute atomic E-state index is 0.208. The smallest absolute Gasteiger partial charge is 0.406 e. The topological polar surface area (TPSA) is 111 Å². The summed E-state index contributed by atoms with van der Waals surface area (Å²) in [5, 5.41) is 19.4. The predicted molar refractivity (Wildman–Crippen MR) is 113 cm³/mol. The molecule has 0 saturated carbocycles.